The zero-order valence-electron chi connectivity index (χ0n) is 6.94. The van der Waals surface area contributed by atoms with Crippen LogP contribution in [0.4, 0.5) is 4.39 Å². The molecule has 1 rings (SSSR count). The summed E-state index contributed by atoms with van der Waals surface area (Å²) >= 11 is 0. The van der Waals surface area contributed by atoms with Gasteiger partial charge in [-0.05, 0) is 24.7 Å². The molecule has 0 saturated heterocycles. The van der Waals surface area contributed by atoms with Gasteiger partial charge in [0, 0.05) is 0 Å². The topological polar surface area (TPSA) is 0 Å². The van der Waals surface area contributed by atoms with Crippen molar-refractivity contribution in [3.63, 3.8) is 0 Å². The molecule has 0 aromatic carbocycles. The second-order valence-corrected chi connectivity index (χ2v) is 3.71. The zero-order valence-corrected chi connectivity index (χ0v) is 6.94. The lowest BCUT2D eigenvalue weighted by Gasteiger charge is -2.28. The summed E-state index contributed by atoms with van der Waals surface area (Å²) < 4.78 is 13.1. The van der Waals surface area contributed by atoms with Crippen LogP contribution in [0.15, 0.2) is 0 Å². The lowest BCUT2D eigenvalue weighted by Crippen LogP contribution is -2.24. The Morgan fingerprint density at radius 1 is 1.20 bits per heavy atom. The summed E-state index contributed by atoms with van der Waals surface area (Å²) in [5.41, 5.74) is 0. The van der Waals surface area contributed by atoms with Crippen LogP contribution >= 0.6 is 0 Å². The number of hydrogen-bond donors (Lipinski definition) is 0. The Hall–Kier alpha value is -0.0700. The highest BCUT2D eigenvalue weighted by molar-refractivity contribution is 4.76. The van der Waals surface area contributed by atoms with Crippen LogP contribution in [0, 0.1) is 11.8 Å². The minimum atomic E-state index is -0.506. The first kappa shape index (κ1) is 8.03. The highest BCUT2D eigenvalue weighted by Crippen LogP contribution is 2.31. The van der Waals surface area contributed by atoms with Crippen LogP contribution in [-0.2, 0) is 0 Å². The van der Waals surface area contributed by atoms with E-state index in [0.29, 0.717) is 11.8 Å². The van der Waals surface area contributed by atoms with E-state index in [2.05, 4.69) is 13.8 Å². The quantitative estimate of drug-likeness (QED) is 0.530. The largest absolute Gasteiger partial charge is 0.247 e. The highest BCUT2D eigenvalue weighted by atomic mass is 19.1. The normalized spacial score (nSPS) is 34.8. The van der Waals surface area contributed by atoms with E-state index in [0.717, 1.165) is 19.3 Å². The molecule has 0 radical (unpaired) electrons. The van der Waals surface area contributed by atoms with E-state index in [1.807, 2.05) is 0 Å². The maximum Gasteiger partial charge on any atom is 0.103 e. The van der Waals surface area contributed by atoms with Crippen molar-refractivity contribution < 1.29 is 4.39 Å². The molecule has 0 unspecified atom stereocenters. The molecule has 0 heterocycles. The van der Waals surface area contributed by atoms with Crippen molar-refractivity contribution in [1.29, 1.82) is 0 Å². The molecule has 0 nitrogen and oxygen atoms in total. The highest BCUT2D eigenvalue weighted by Gasteiger charge is 2.26. The molecule has 1 saturated carbocycles. The fourth-order valence-electron chi connectivity index (χ4n) is 1.87. The van der Waals surface area contributed by atoms with E-state index in [9.17, 15) is 4.39 Å². The van der Waals surface area contributed by atoms with Gasteiger partial charge in [-0.25, -0.2) is 4.39 Å². The minimum Gasteiger partial charge on any atom is -0.247 e. The van der Waals surface area contributed by atoms with Crippen LogP contribution in [0.5, 0.6) is 0 Å². The number of alkyl halides is 1. The van der Waals surface area contributed by atoms with Gasteiger partial charge in [0.25, 0.3) is 0 Å². The molecule has 0 aliphatic heterocycles. The fraction of sp³-hybridized carbons (Fsp3) is 1.00. The van der Waals surface area contributed by atoms with Gasteiger partial charge in [-0.15, -0.1) is 0 Å². The van der Waals surface area contributed by atoms with Crippen LogP contribution in [-0.4, -0.2) is 6.17 Å². The standard InChI is InChI=1S/C9H17F/c1-7(2)8-5-3-4-6-9(8)10/h7-9H,3-6H2,1-2H3/t8-,9+/m1/s1. The molecule has 60 valence electrons. The van der Waals surface area contributed by atoms with Gasteiger partial charge in [-0.2, -0.15) is 0 Å². The third kappa shape index (κ3) is 1.71. The molecule has 0 aromatic heterocycles. The number of halogens is 1. The second kappa shape index (κ2) is 3.36. The van der Waals surface area contributed by atoms with Crippen molar-refractivity contribution in [1.82, 2.24) is 0 Å². The predicted octanol–water partition coefficient (Wildman–Crippen LogP) is 3.17. The van der Waals surface area contributed by atoms with Crippen molar-refractivity contribution in [2.45, 2.75) is 45.7 Å². The molecular formula is C9H17F. The van der Waals surface area contributed by atoms with Gasteiger partial charge in [-0.1, -0.05) is 26.7 Å². The maximum atomic E-state index is 13.1. The van der Waals surface area contributed by atoms with E-state index in [1.165, 1.54) is 6.42 Å². The van der Waals surface area contributed by atoms with Crippen molar-refractivity contribution in [2.75, 3.05) is 0 Å². The van der Waals surface area contributed by atoms with Crippen LogP contribution in [0.1, 0.15) is 39.5 Å². The first-order chi connectivity index (χ1) is 4.72. The van der Waals surface area contributed by atoms with Crippen molar-refractivity contribution in [2.24, 2.45) is 11.8 Å². The lowest BCUT2D eigenvalue weighted by atomic mass is 9.80. The Morgan fingerprint density at radius 2 is 1.80 bits per heavy atom. The molecule has 1 aliphatic carbocycles. The van der Waals surface area contributed by atoms with E-state index in [1.54, 1.807) is 0 Å². The first-order valence-electron chi connectivity index (χ1n) is 4.36. The van der Waals surface area contributed by atoms with E-state index in [-0.39, 0.29) is 0 Å². The van der Waals surface area contributed by atoms with Crippen molar-refractivity contribution in [3.05, 3.63) is 0 Å². The monoisotopic (exact) mass is 144 g/mol. The molecule has 10 heavy (non-hydrogen) atoms. The Labute approximate surface area is 62.8 Å². The summed E-state index contributed by atoms with van der Waals surface area (Å²) in [4.78, 5) is 0. The Bertz CT molecular complexity index is 98.9. The summed E-state index contributed by atoms with van der Waals surface area (Å²) in [7, 11) is 0. The number of hydrogen-bond acceptors (Lipinski definition) is 0. The van der Waals surface area contributed by atoms with Gasteiger partial charge in [0.15, 0.2) is 0 Å². The van der Waals surface area contributed by atoms with E-state index in [4.69, 9.17) is 0 Å². The predicted molar refractivity (Wildman–Crippen MR) is 41.7 cm³/mol. The molecule has 0 bridgehead atoms. The minimum absolute atomic E-state index is 0.355. The Kier molecular flexibility index (Phi) is 2.70. The van der Waals surface area contributed by atoms with Gasteiger partial charge >= 0.3 is 0 Å². The van der Waals surface area contributed by atoms with Gasteiger partial charge in [0.05, 0.1) is 0 Å². The fourth-order valence-corrected chi connectivity index (χ4v) is 1.87. The van der Waals surface area contributed by atoms with Gasteiger partial charge in [0.2, 0.25) is 0 Å². The average Bonchev–Trinajstić information content (AvgIpc) is 1.88. The van der Waals surface area contributed by atoms with Gasteiger partial charge < -0.3 is 0 Å². The summed E-state index contributed by atoms with van der Waals surface area (Å²) in [5, 5.41) is 0. The van der Waals surface area contributed by atoms with Crippen LogP contribution in [0.2, 0.25) is 0 Å². The summed E-state index contributed by atoms with van der Waals surface area (Å²) in [5.74, 6) is 0.893. The SMILES string of the molecule is CC(C)[C@H]1CCCC[C@@H]1F. The summed E-state index contributed by atoms with van der Waals surface area (Å²) in [6.45, 7) is 4.26. The van der Waals surface area contributed by atoms with Crippen LogP contribution in [0.3, 0.4) is 0 Å². The van der Waals surface area contributed by atoms with E-state index >= 15 is 0 Å². The number of rotatable bonds is 1. The third-order valence-corrected chi connectivity index (χ3v) is 2.59. The molecule has 0 aromatic rings. The molecule has 2 atom stereocenters. The summed E-state index contributed by atoms with van der Waals surface area (Å²) in [6, 6.07) is 0. The Balaban J connectivity index is 2.40. The molecule has 0 amide bonds. The lowest BCUT2D eigenvalue weighted by molar-refractivity contribution is 0.127. The van der Waals surface area contributed by atoms with Crippen molar-refractivity contribution >= 4 is 0 Å². The van der Waals surface area contributed by atoms with Crippen molar-refractivity contribution in [3.8, 4) is 0 Å². The zero-order chi connectivity index (χ0) is 7.56. The molecule has 0 spiro atoms. The maximum absolute atomic E-state index is 13.1. The molecule has 1 aliphatic rings. The molecule has 1 heteroatoms. The van der Waals surface area contributed by atoms with Crippen LogP contribution < -0.4 is 0 Å². The molecule has 0 N–H and O–H groups in total. The average molecular weight is 144 g/mol. The van der Waals surface area contributed by atoms with Gasteiger partial charge in [-0.3, -0.25) is 0 Å². The molecular weight excluding hydrogens is 127 g/mol. The smallest absolute Gasteiger partial charge is 0.103 e. The summed E-state index contributed by atoms with van der Waals surface area (Å²) in [6.07, 6.45) is 3.75. The van der Waals surface area contributed by atoms with E-state index < -0.39 is 6.17 Å². The van der Waals surface area contributed by atoms with Gasteiger partial charge in [0.1, 0.15) is 6.17 Å². The second-order valence-electron chi connectivity index (χ2n) is 3.71. The van der Waals surface area contributed by atoms with Crippen LogP contribution in [0.25, 0.3) is 0 Å². The Morgan fingerprint density at radius 3 is 2.20 bits per heavy atom. The molecule has 1 fully saturated rings. The third-order valence-electron chi connectivity index (χ3n) is 2.59. The first-order valence-corrected chi connectivity index (χ1v) is 4.36.